The van der Waals surface area contributed by atoms with Gasteiger partial charge in [-0.25, -0.2) is 9.18 Å². The maximum absolute atomic E-state index is 13.8. The van der Waals surface area contributed by atoms with Crippen molar-refractivity contribution in [1.29, 1.82) is 0 Å². The van der Waals surface area contributed by atoms with Crippen LogP contribution in [0, 0.1) is 5.82 Å². The normalized spacial score (nSPS) is 14.7. The number of hydrogen-bond donors (Lipinski definition) is 1. The van der Waals surface area contributed by atoms with E-state index in [4.69, 9.17) is 11.6 Å². The van der Waals surface area contributed by atoms with E-state index in [0.717, 1.165) is 18.2 Å². The van der Waals surface area contributed by atoms with Gasteiger partial charge in [0.15, 0.2) is 0 Å². The minimum absolute atomic E-state index is 0.156. The first-order valence-corrected chi connectivity index (χ1v) is 8.36. The summed E-state index contributed by atoms with van der Waals surface area (Å²) >= 11 is 5.65. The molecule has 0 radical (unpaired) electrons. The molecule has 1 aliphatic heterocycles. The lowest BCUT2D eigenvalue weighted by molar-refractivity contribution is -0.137. The zero-order valence-corrected chi connectivity index (χ0v) is 14.6. The molecule has 0 spiro atoms. The monoisotopic (exact) mass is 399 g/mol. The van der Waals surface area contributed by atoms with Crippen molar-refractivity contribution in [3.63, 3.8) is 0 Å². The Morgan fingerprint density at radius 2 is 2.04 bits per heavy atom. The number of amides is 2. The van der Waals surface area contributed by atoms with Crippen LogP contribution < -0.4 is 5.32 Å². The summed E-state index contributed by atoms with van der Waals surface area (Å²) in [5.74, 6) is -0.430. The van der Waals surface area contributed by atoms with Gasteiger partial charge in [-0.3, -0.25) is 4.98 Å². The van der Waals surface area contributed by atoms with E-state index in [9.17, 15) is 22.4 Å². The Balaban J connectivity index is 1.66. The second-order valence-electron chi connectivity index (χ2n) is 5.88. The Bertz CT molecular complexity index is 898. The fraction of sp³-hybridized carbons (Fsp3) is 0.222. The third kappa shape index (κ3) is 4.39. The Morgan fingerprint density at radius 1 is 1.26 bits per heavy atom. The number of rotatable bonds is 2. The van der Waals surface area contributed by atoms with E-state index in [0.29, 0.717) is 18.5 Å². The fourth-order valence-corrected chi connectivity index (χ4v) is 3.00. The molecule has 4 nitrogen and oxygen atoms in total. The number of hydrogen-bond acceptors (Lipinski definition) is 2. The fourth-order valence-electron chi connectivity index (χ4n) is 2.72. The van der Waals surface area contributed by atoms with Gasteiger partial charge >= 0.3 is 12.2 Å². The molecule has 1 aromatic carbocycles. The standard InChI is InChI=1S/C18H14ClF4N3O/c19-14-10-12(3-4-13(14)18(21,22)23)25-17(27)26-8-5-11(6-9-26)16-15(20)2-1-7-24-16/h1-5,7,10H,6,8-9H2,(H,25,27). The van der Waals surface area contributed by atoms with E-state index >= 15 is 0 Å². The number of anilines is 1. The molecule has 0 saturated carbocycles. The van der Waals surface area contributed by atoms with Crippen LogP contribution in [-0.4, -0.2) is 29.0 Å². The number of halogens is 5. The van der Waals surface area contributed by atoms with Crippen LogP contribution in [0.1, 0.15) is 17.7 Å². The average molecular weight is 400 g/mol. The molecule has 3 rings (SSSR count). The smallest absolute Gasteiger partial charge is 0.320 e. The Labute approximate surface area is 157 Å². The number of urea groups is 1. The van der Waals surface area contributed by atoms with Crippen molar-refractivity contribution in [1.82, 2.24) is 9.88 Å². The highest BCUT2D eigenvalue weighted by molar-refractivity contribution is 6.31. The molecular formula is C18H14ClF4N3O. The van der Waals surface area contributed by atoms with E-state index in [1.165, 1.54) is 23.2 Å². The van der Waals surface area contributed by atoms with Crippen molar-refractivity contribution in [2.75, 3.05) is 18.4 Å². The number of carbonyl (C=O) groups excluding carboxylic acids is 1. The average Bonchev–Trinajstić information content (AvgIpc) is 2.61. The van der Waals surface area contributed by atoms with Gasteiger partial charge in [-0.05, 0) is 42.3 Å². The second-order valence-corrected chi connectivity index (χ2v) is 6.29. The Kier molecular flexibility index (Phi) is 5.36. The highest BCUT2D eigenvalue weighted by Gasteiger charge is 2.33. The summed E-state index contributed by atoms with van der Waals surface area (Å²) in [6.07, 6.45) is -0.954. The SMILES string of the molecule is O=C(Nc1ccc(C(F)(F)F)c(Cl)c1)N1CC=C(c2ncccc2F)CC1. The Morgan fingerprint density at radius 3 is 2.63 bits per heavy atom. The van der Waals surface area contributed by atoms with E-state index < -0.39 is 28.6 Å². The number of nitrogens with one attached hydrogen (secondary N) is 1. The van der Waals surface area contributed by atoms with Gasteiger partial charge in [0.05, 0.1) is 10.6 Å². The van der Waals surface area contributed by atoms with Crippen LogP contribution in [0.4, 0.5) is 28.0 Å². The van der Waals surface area contributed by atoms with Gasteiger partial charge in [0.2, 0.25) is 0 Å². The molecule has 0 unspecified atom stereocenters. The lowest BCUT2D eigenvalue weighted by Gasteiger charge is -2.26. The van der Waals surface area contributed by atoms with E-state index in [1.54, 1.807) is 6.08 Å². The maximum atomic E-state index is 13.8. The van der Waals surface area contributed by atoms with Crippen LogP contribution >= 0.6 is 11.6 Å². The van der Waals surface area contributed by atoms with Crippen molar-refractivity contribution in [3.8, 4) is 0 Å². The minimum Gasteiger partial charge on any atom is -0.320 e. The van der Waals surface area contributed by atoms with E-state index in [1.807, 2.05) is 0 Å². The van der Waals surface area contributed by atoms with Gasteiger partial charge in [-0.2, -0.15) is 13.2 Å². The molecule has 2 heterocycles. The number of nitrogens with zero attached hydrogens (tertiary/aromatic N) is 2. The lowest BCUT2D eigenvalue weighted by atomic mass is 10.0. The molecule has 0 bridgehead atoms. The van der Waals surface area contributed by atoms with Crippen molar-refractivity contribution >= 4 is 28.9 Å². The molecule has 0 atom stereocenters. The zero-order chi connectivity index (χ0) is 19.6. The van der Waals surface area contributed by atoms with Crippen LogP contribution in [0.15, 0.2) is 42.6 Å². The lowest BCUT2D eigenvalue weighted by Crippen LogP contribution is -2.38. The number of carbonyl (C=O) groups is 1. The molecule has 1 aliphatic rings. The van der Waals surface area contributed by atoms with E-state index in [-0.39, 0.29) is 17.9 Å². The Hall–Kier alpha value is -2.61. The molecule has 27 heavy (non-hydrogen) atoms. The topological polar surface area (TPSA) is 45.2 Å². The molecule has 0 aliphatic carbocycles. The number of pyridine rings is 1. The van der Waals surface area contributed by atoms with Crippen molar-refractivity contribution in [3.05, 3.63) is 64.7 Å². The first kappa shape index (κ1) is 19.2. The van der Waals surface area contributed by atoms with Crippen LogP contribution in [0.25, 0.3) is 5.57 Å². The predicted octanol–water partition coefficient (Wildman–Crippen LogP) is 5.21. The number of alkyl halides is 3. The summed E-state index contributed by atoms with van der Waals surface area (Å²) < 4.78 is 51.9. The number of aromatic nitrogens is 1. The molecule has 1 aromatic heterocycles. The predicted molar refractivity (Wildman–Crippen MR) is 93.8 cm³/mol. The maximum Gasteiger partial charge on any atom is 0.417 e. The summed E-state index contributed by atoms with van der Waals surface area (Å²) in [5.41, 5.74) is 0.149. The van der Waals surface area contributed by atoms with Crippen molar-refractivity contribution in [2.45, 2.75) is 12.6 Å². The van der Waals surface area contributed by atoms with Crippen molar-refractivity contribution < 1.29 is 22.4 Å². The molecule has 2 amide bonds. The molecule has 0 saturated heterocycles. The van der Waals surface area contributed by atoms with Gasteiger partial charge in [0, 0.05) is 25.0 Å². The highest BCUT2D eigenvalue weighted by Crippen LogP contribution is 2.36. The highest BCUT2D eigenvalue weighted by atomic mass is 35.5. The molecular weight excluding hydrogens is 386 g/mol. The minimum atomic E-state index is -4.56. The van der Waals surface area contributed by atoms with Crippen molar-refractivity contribution in [2.24, 2.45) is 0 Å². The molecule has 142 valence electrons. The summed E-state index contributed by atoms with van der Waals surface area (Å²) in [5, 5.41) is 2.02. The van der Waals surface area contributed by atoms with Gasteiger partial charge in [-0.15, -0.1) is 0 Å². The van der Waals surface area contributed by atoms with Crippen LogP contribution in [0.3, 0.4) is 0 Å². The van der Waals surface area contributed by atoms with Gasteiger partial charge in [0.25, 0.3) is 0 Å². The van der Waals surface area contributed by atoms with Crippen LogP contribution in [0.2, 0.25) is 5.02 Å². The summed E-state index contributed by atoms with van der Waals surface area (Å²) in [4.78, 5) is 17.8. The van der Waals surface area contributed by atoms with Crippen LogP contribution in [-0.2, 0) is 6.18 Å². The van der Waals surface area contributed by atoms with Crippen LogP contribution in [0.5, 0.6) is 0 Å². The quantitative estimate of drug-likeness (QED) is 0.704. The zero-order valence-electron chi connectivity index (χ0n) is 13.9. The second kappa shape index (κ2) is 7.56. The number of benzene rings is 1. The molecule has 0 fully saturated rings. The summed E-state index contributed by atoms with van der Waals surface area (Å²) in [7, 11) is 0. The molecule has 1 N–H and O–H groups in total. The third-order valence-corrected chi connectivity index (χ3v) is 4.40. The van der Waals surface area contributed by atoms with E-state index in [2.05, 4.69) is 10.3 Å². The molecule has 9 heteroatoms. The van der Waals surface area contributed by atoms with Gasteiger partial charge < -0.3 is 10.2 Å². The summed E-state index contributed by atoms with van der Waals surface area (Å²) in [6, 6.07) is 5.34. The first-order valence-electron chi connectivity index (χ1n) is 7.98. The first-order chi connectivity index (χ1) is 12.8. The van der Waals surface area contributed by atoms with Gasteiger partial charge in [0.1, 0.15) is 11.5 Å². The largest absolute Gasteiger partial charge is 0.417 e. The summed E-state index contributed by atoms with van der Waals surface area (Å²) in [6.45, 7) is 0.549. The molecule has 2 aromatic rings. The third-order valence-electron chi connectivity index (χ3n) is 4.08. The van der Waals surface area contributed by atoms with Gasteiger partial charge in [-0.1, -0.05) is 17.7 Å².